The first-order chi connectivity index (χ1) is 8.17. The topological polar surface area (TPSA) is 49.3 Å². The van der Waals surface area contributed by atoms with E-state index in [0.717, 1.165) is 24.8 Å². The summed E-state index contributed by atoms with van der Waals surface area (Å²) in [6.45, 7) is 5.56. The van der Waals surface area contributed by atoms with Crippen LogP contribution >= 0.6 is 0 Å². The van der Waals surface area contributed by atoms with Gasteiger partial charge in [0.1, 0.15) is 5.75 Å². The molecule has 0 heterocycles. The zero-order chi connectivity index (χ0) is 12.7. The molecule has 1 unspecified atom stereocenters. The average Bonchev–Trinajstić information content (AvgIpc) is 2.35. The molecule has 92 valence electrons. The number of carbonyl (C=O) groups excluding carboxylic acids is 1. The van der Waals surface area contributed by atoms with E-state index in [4.69, 9.17) is 0 Å². The van der Waals surface area contributed by atoms with Gasteiger partial charge in [-0.2, -0.15) is 0 Å². The summed E-state index contributed by atoms with van der Waals surface area (Å²) in [5.74, 6) is 0.0669. The third kappa shape index (κ3) is 4.31. The van der Waals surface area contributed by atoms with E-state index in [1.807, 2.05) is 12.1 Å². The van der Waals surface area contributed by atoms with Crippen LogP contribution in [-0.4, -0.2) is 11.0 Å². The normalized spacial score (nSPS) is 11.8. The van der Waals surface area contributed by atoms with E-state index >= 15 is 0 Å². The molecule has 1 aromatic rings. The highest BCUT2D eigenvalue weighted by molar-refractivity contribution is 5.87. The van der Waals surface area contributed by atoms with Gasteiger partial charge in [0, 0.05) is 0 Å². The fraction of sp³-hybridized carbons (Fsp3) is 0.357. The molecule has 0 saturated heterocycles. The molecule has 0 saturated carbocycles. The fourth-order valence-corrected chi connectivity index (χ4v) is 1.67. The van der Waals surface area contributed by atoms with Crippen LogP contribution in [0, 0.1) is 0 Å². The standard InChI is InChI=1S/C14H19NO2/c1-3-5-6-13(15-14(17)4-2)11-7-9-12(16)10-8-11/h4,7-10,13,16H,2-3,5-6H2,1H3,(H,15,17). The van der Waals surface area contributed by atoms with Gasteiger partial charge in [-0.15, -0.1) is 0 Å². The SMILES string of the molecule is C=CC(=O)NC(CCCC)c1ccc(O)cc1. The average molecular weight is 233 g/mol. The van der Waals surface area contributed by atoms with E-state index < -0.39 is 0 Å². The summed E-state index contributed by atoms with van der Waals surface area (Å²) in [6.07, 6.45) is 4.29. The highest BCUT2D eigenvalue weighted by Crippen LogP contribution is 2.21. The van der Waals surface area contributed by atoms with E-state index in [9.17, 15) is 9.90 Å². The van der Waals surface area contributed by atoms with Crippen LogP contribution in [0.5, 0.6) is 5.75 Å². The summed E-state index contributed by atoms with van der Waals surface area (Å²) in [4.78, 5) is 11.3. The number of rotatable bonds is 6. The molecule has 0 aliphatic rings. The third-order valence-corrected chi connectivity index (χ3v) is 2.64. The van der Waals surface area contributed by atoms with Gasteiger partial charge in [-0.1, -0.05) is 38.5 Å². The van der Waals surface area contributed by atoms with Crippen LogP contribution in [0.4, 0.5) is 0 Å². The molecule has 1 rings (SSSR count). The van der Waals surface area contributed by atoms with E-state index in [2.05, 4.69) is 18.8 Å². The Balaban J connectivity index is 2.77. The Hall–Kier alpha value is -1.77. The predicted molar refractivity (Wildman–Crippen MR) is 68.7 cm³/mol. The van der Waals surface area contributed by atoms with E-state index in [1.165, 1.54) is 6.08 Å². The molecule has 0 spiro atoms. The number of hydrogen-bond acceptors (Lipinski definition) is 2. The number of aromatic hydroxyl groups is 1. The molecule has 1 amide bonds. The van der Waals surface area contributed by atoms with Crippen molar-refractivity contribution in [1.29, 1.82) is 0 Å². The molecular weight excluding hydrogens is 214 g/mol. The highest BCUT2D eigenvalue weighted by Gasteiger charge is 2.12. The Morgan fingerprint density at radius 2 is 2.12 bits per heavy atom. The van der Waals surface area contributed by atoms with Gasteiger partial charge >= 0.3 is 0 Å². The minimum Gasteiger partial charge on any atom is -0.508 e. The molecule has 1 atom stereocenters. The summed E-state index contributed by atoms with van der Waals surface area (Å²) in [7, 11) is 0. The van der Waals surface area contributed by atoms with Gasteiger partial charge in [-0.3, -0.25) is 4.79 Å². The molecule has 0 radical (unpaired) electrons. The smallest absolute Gasteiger partial charge is 0.243 e. The van der Waals surface area contributed by atoms with Crippen LogP contribution in [-0.2, 0) is 4.79 Å². The maximum Gasteiger partial charge on any atom is 0.243 e. The summed E-state index contributed by atoms with van der Waals surface area (Å²) in [6, 6.07) is 6.92. The molecule has 0 bridgehead atoms. The van der Waals surface area contributed by atoms with E-state index in [0.29, 0.717) is 0 Å². The maximum atomic E-state index is 11.3. The van der Waals surface area contributed by atoms with Gasteiger partial charge in [0.15, 0.2) is 0 Å². The lowest BCUT2D eigenvalue weighted by Crippen LogP contribution is -2.26. The van der Waals surface area contributed by atoms with Crippen molar-refractivity contribution < 1.29 is 9.90 Å². The lowest BCUT2D eigenvalue weighted by Gasteiger charge is -2.18. The minimum atomic E-state index is -0.167. The van der Waals surface area contributed by atoms with Gasteiger partial charge in [-0.25, -0.2) is 0 Å². The van der Waals surface area contributed by atoms with Gasteiger partial charge in [-0.05, 0) is 30.2 Å². The van der Waals surface area contributed by atoms with Crippen molar-refractivity contribution in [3.05, 3.63) is 42.5 Å². The first kappa shape index (κ1) is 13.3. The van der Waals surface area contributed by atoms with Crippen molar-refractivity contribution in [2.24, 2.45) is 0 Å². The van der Waals surface area contributed by atoms with Crippen LogP contribution in [0.15, 0.2) is 36.9 Å². The van der Waals surface area contributed by atoms with Gasteiger partial charge in [0.2, 0.25) is 5.91 Å². The van der Waals surface area contributed by atoms with E-state index in [-0.39, 0.29) is 17.7 Å². The molecule has 0 aliphatic carbocycles. The van der Waals surface area contributed by atoms with Crippen LogP contribution in [0.1, 0.15) is 37.8 Å². The molecular formula is C14H19NO2. The largest absolute Gasteiger partial charge is 0.508 e. The molecule has 3 nitrogen and oxygen atoms in total. The number of phenolic OH excluding ortho intramolecular Hbond substituents is 1. The number of phenols is 1. The Bertz CT molecular complexity index is 370. The second-order valence-electron chi connectivity index (χ2n) is 4.00. The molecule has 1 aromatic carbocycles. The van der Waals surface area contributed by atoms with Gasteiger partial charge in [0.25, 0.3) is 0 Å². The third-order valence-electron chi connectivity index (χ3n) is 2.64. The summed E-state index contributed by atoms with van der Waals surface area (Å²) in [5.41, 5.74) is 1.01. The van der Waals surface area contributed by atoms with Crippen molar-refractivity contribution in [3.8, 4) is 5.75 Å². The first-order valence-electron chi connectivity index (χ1n) is 5.89. The first-order valence-corrected chi connectivity index (χ1v) is 5.89. The maximum absolute atomic E-state index is 11.3. The quantitative estimate of drug-likeness (QED) is 0.742. The summed E-state index contributed by atoms with van der Waals surface area (Å²) >= 11 is 0. The van der Waals surface area contributed by atoms with Crippen molar-refractivity contribution in [2.75, 3.05) is 0 Å². The number of benzene rings is 1. The highest BCUT2D eigenvalue weighted by atomic mass is 16.3. The Morgan fingerprint density at radius 3 is 2.65 bits per heavy atom. The lowest BCUT2D eigenvalue weighted by atomic mass is 10.0. The van der Waals surface area contributed by atoms with E-state index in [1.54, 1.807) is 12.1 Å². The fourth-order valence-electron chi connectivity index (χ4n) is 1.67. The zero-order valence-electron chi connectivity index (χ0n) is 10.1. The monoisotopic (exact) mass is 233 g/mol. The number of nitrogens with one attached hydrogen (secondary N) is 1. The van der Waals surface area contributed by atoms with Crippen LogP contribution in [0.2, 0.25) is 0 Å². The molecule has 17 heavy (non-hydrogen) atoms. The van der Waals surface area contributed by atoms with Crippen molar-refractivity contribution >= 4 is 5.91 Å². The van der Waals surface area contributed by atoms with Gasteiger partial charge < -0.3 is 10.4 Å². The molecule has 3 heteroatoms. The molecule has 0 aliphatic heterocycles. The Kier molecular flexibility index (Phi) is 5.27. The summed E-state index contributed by atoms with van der Waals surface area (Å²) in [5, 5.41) is 12.1. The van der Waals surface area contributed by atoms with Crippen LogP contribution < -0.4 is 5.32 Å². The minimum absolute atomic E-state index is 0.0129. The number of amides is 1. The molecule has 0 aromatic heterocycles. The predicted octanol–water partition coefficient (Wildman–Crippen LogP) is 2.93. The Morgan fingerprint density at radius 1 is 1.47 bits per heavy atom. The van der Waals surface area contributed by atoms with Crippen molar-refractivity contribution in [1.82, 2.24) is 5.32 Å². The molecule has 0 fully saturated rings. The van der Waals surface area contributed by atoms with Crippen molar-refractivity contribution in [3.63, 3.8) is 0 Å². The second-order valence-corrected chi connectivity index (χ2v) is 4.00. The molecule has 2 N–H and O–H groups in total. The number of unbranched alkanes of at least 4 members (excludes halogenated alkanes) is 1. The zero-order valence-corrected chi connectivity index (χ0v) is 10.1. The Labute approximate surface area is 102 Å². The second kappa shape index (κ2) is 6.74. The lowest BCUT2D eigenvalue weighted by molar-refractivity contribution is -0.117. The van der Waals surface area contributed by atoms with Crippen LogP contribution in [0.3, 0.4) is 0 Å². The number of hydrogen-bond donors (Lipinski definition) is 2. The van der Waals surface area contributed by atoms with Crippen molar-refractivity contribution in [2.45, 2.75) is 32.2 Å². The van der Waals surface area contributed by atoms with Gasteiger partial charge in [0.05, 0.1) is 6.04 Å². The summed E-state index contributed by atoms with van der Waals surface area (Å²) < 4.78 is 0. The number of carbonyl (C=O) groups is 1. The van der Waals surface area contributed by atoms with Crippen LogP contribution in [0.25, 0.3) is 0 Å².